The third kappa shape index (κ3) is 8.69. The Bertz CT molecular complexity index is 1100. The molecule has 1 heterocycles. The van der Waals surface area contributed by atoms with Crippen LogP contribution in [0.4, 0.5) is 0 Å². The second kappa shape index (κ2) is 13.2. The Hall–Kier alpha value is -3.93. The fourth-order valence-electron chi connectivity index (χ4n) is 3.70. The van der Waals surface area contributed by atoms with Gasteiger partial charge in [0.25, 0.3) is 0 Å². The van der Waals surface area contributed by atoms with Gasteiger partial charge in [-0.3, -0.25) is 19.2 Å². The number of carboxylic acids is 1. The van der Waals surface area contributed by atoms with Gasteiger partial charge in [0.05, 0.1) is 12.6 Å². The molecule has 36 heavy (non-hydrogen) atoms. The van der Waals surface area contributed by atoms with E-state index >= 15 is 0 Å². The highest BCUT2D eigenvalue weighted by Gasteiger charge is 2.27. The number of aromatic nitrogens is 1. The van der Waals surface area contributed by atoms with Crippen LogP contribution in [0.1, 0.15) is 38.7 Å². The second-order valence-electron chi connectivity index (χ2n) is 9.04. The van der Waals surface area contributed by atoms with Crippen molar-refractivity contribution in [3.63, 3.8) is 0 Å². The lowest BCUT2D eigenvalue weighted by atomic mass is 10.0. The number of fused-ring (bicyclic) bond motifs is 1. The topological polar surface area (TPSA) is 209 Å². The average molecular weight is 503 g/mol. The number of rotatable bonds is 14. The van der Waals surface area contributed by atoms with Gasteiger partial charge in [-0.05, 0) is 30.4 Å². The molecule has 1 aromatic heterocycles. The first-order valence-corrected chi connectivity index (χ1v) is 11.7. The number of H-pyrrole nitrogens is 1. The molecule has 12 nitrogen and oxygen atoms in total. The summed E-state index contributed by atoms with van der Waals surface area (Å²) < 4.78 is 0. The third-order valence-electron chi connectivity index (χ3n) is 5.53. The summed E-state index contributed by atoms with van der Waals surface area (Å²) in [5.41, 5.74) is 12.7. The SMILES string of the molecule is CC(C)CC(N)C(=O)NC(Cc1c[nH]c2ccccc12)C(=O)NCC(=O)NC(CCC(N)=O)C(=O)O. The van der Waals surface area contributed by atoms with Gasteiger partial charge in [-0.1, -0.05) is 32.0 Å². The summed E-state index contributed by atoms with van der Waals surface area (Å²) in [4.78, 5) is 63.3. The van der Waals surface area contributed by atoms with Crippen LogP contribution in [0.5, 0.6) is 0 Å². The zero-order chi connectivity index (χ0) is 26.8. The highest BCUT2D eigenvalue weighted by molar-refractivity contribution is 5.93. The van der Waals surface area contributed by atoms with Gasteiger partial charge in [0.1, 0.15) is 12.1 Å². The number of nitrogens with one attached hydrogen (secondary N) is 4. The summed E-state index contributed by atoms with van der Waals surface area (Å²) in [6, 6.07) is 4.30. The zero-order valence-electron chi connectivity index (χ0n) is 20.4. The van der Waals surface area contributed by atoms with E-state index in [9.17, 15) is 29.1 Å². The standard InChI is InChI=1S/C24H34N6O6/c1-13(2)9-16(25)22(33)30-19(10-14-11-27-17-6-4-3-5-15(14)17)23(34)28-12-21(32)29-18(24(35)36)7-8-20(26)31/h3-6,11,13,16,18-19,27H,7-10,12,25H2,1-2H3,(H2,26,31)(H,28,34)(H,29,32)(H,30,33)(H,35,36). The van der Waals surface area contributed by atoms with Gasteiger partial charge in [-0.25, -0.2) is 4.79 Å². The monoisotopic (exact) mass is 502 g/mol. The molecule has 1 aromatic carbocycles. The number of hydrogen-bond acceptors (Lipinski definition) is 6. The first kappa shape index (κ1) is 28.3. The Balaban J connectivity index is 2.09. The zero-order valence-corrected chi connectivity index (χ0v) is 20.4. The fourth-order valence-corrected chi connectivity index (χ4v) is 3.70. The summed E-state index contributed by atoms with van der Waals surface area (Å²) in [6.45, 7) is 3.32. The number of carbonyl (C=O) groups is 5. The van der Waals surface area contributed by atoms with E-state index in [4.69, 9.17) is 11.5 Å². The number of carboxylic acid groups (broad SMARTS) is 1. The van der Waals surface area contributed by atoms with E-state index in [0.29, 0.717) is 6.42 Å². The first-order chi connectivity index (χ1) is 17.0. The molecule has 2 rings (SSSR count). The quantitative estimate of drug-likeness (QED) is 0.180. The molecule has 0 fully saturated rings. The van der Waals surface area contributed by atoms with E-state index in [2.05, 4.69) is 20.9 Å². The maximum absolute atomic E-state index is 13.0. The van der Waals surface area contributed by atoms with E-state index in [1.807, 2.05) is 38.1 Å². The molecular weight excluding hydrogens is 468 g/mol. The van der Waals surface area contributed by atoms with Crippen LogP contribution in [0.2, 0.25) is 0 Å². The van der Waals surface area contributed by atoms with Gasteiger partial charge in [-0.15, -0.1) is 0 Å². The number of aliphatic carboxylic acids is 1. The largest absolute Gasteiger partial charge is 0.480 e. The van der Waals surface area contributed by atoms with Gasteiger partial charge >= 0.3 is 5.97 Å². The van der Waals surface area contributed by atoms with Crippen molar-refractivity contribution in [2.75, 3.05) is 6.54 Å². The fraction of sp³-hybridized carbons (Fsp3) is 0.458. The molecule has 9 N–H and O–H groups in total. The minimum absolute atomic E-state index is 0.133. The molecule has 0 saturated carbocycles. The summed E-state index contributed by atoms with van der Waals surface area (Å²) >= 11 is 0. The van der Waals surface area contributed by atoms with Crippen molar-refractivity contribution >= 4 is 40.5 Å². The molecular formula is C24H34N6O6. The Morgan fingerprint density at radius 2 is 1.72 bits per heavy atom. The molecule has 196 valence electrons. The normalized spacial score (nSPS) is 13.6. The summed E-state index contributed by atoms with van der Waals surface area (Å²) in [7, 11) is 0. The van der Waals surface area contributed by atoms with Crippen molar-refractivity contribution in [1.82, 2.24) is 20.9 Å². The summed E-state index contributed by atoms with van der Waals surface area (Å²) in [5, 5.41) is 17.5. The minimum atomic E-state index is -1.34. The van der Waals surface area contributed by atoms with E-state index in [-0.39, 0.29) is 25.2 Å². The molecule has 0 bridgehead atoms. The maximum Gasteiger partial charge on any atom is 0.326 e. The molecule has 0 saturated heterocycles. The predicted octanol–water partition coefficient (Wildman–Crippen LogP) is -0.480. The Kier molecular flexibility index (Phi) is 10.4. The molecule has 0 aliphatic carbocycles. The third-order valence-corrected chi connectivity index (χ3v) is 5.53. The molecule has 3 atom stereocenters. The Morgan fingerprint density at radius 3 is 2.36 bits per heavy atom. The van der Waals surface area contributed by atoms with Crippen molar-refractivity contribution in [3.8, 4) is 0 Å². The van der Waals surface area contributed by atoms with Crippen LogP contribution in [0.15, 0.2) is 30.5 Å². The number of aromatic amines is 1. The minimum Gasteiger partial charge on any atom is -0.480 e. The average Bonchev–Trinajstić information content (AvgIpc) is 3.21. The molecule has 3 unspecified atom stereocenters. The molecule has 4 amide bonds. The van der Waals surface area contributed by atoms with Gasteiger partial charge in [-0.2, -0.15) is 0 Å². The molecule has 2 aromatic rings. The van der Waals surface area contributed by atoms with Crippen molar-refractivity contribution in [2.24, 2.45) is 17.4 Å². The van der Waals surface area contributed by atoms with Crippen molar-refractivity contribution < 1.29 is 29.1 Å². The molecule has 0 aliphatic heterocycles. The van der Waals surface area contributed by atoms with E-state index in [1.54, 1.807) is 6.20 Å². The molecule has 0 aliphatic rings. The maximum atomic E-state index is 13.0. The van der Waals surface area contributed by atoms with Crippen LogP contribution >= 0.6 is 0 Å². The van der Waals surface area contributed by atoms with E-state index in [1.165, 1.54) is 0 Å². The summed E-state index contributed by atoms with van der Waals surface area (Å²) in [6.07, 6.45) is 1.90. The van der Waals surface area contributed by atoms with Gasteiger partial charge in [0.15, 0.2) is 0 Å². The molecule has 12 heteroatoms. The Labute approximate surface area is 208 Å². The number of benzene rings is 1. The van der Waals surface area contributed by atoms with Gasteiger partial charge in [0.2, 0.25) is 23.6 Å². The van der Waals surface area contributed by atoms with Crippen LogP contribution in [0.25, 0.3) is 10.9 Å². The number of para-hydroxylation sites is 1. The lowest BCUT2D eigenvalue weighted by Crippen LogP contribution is -2.54. The lowest BCUT2D eigenvalue weighted by molar-refractivity contribution is -0.142. The first-order valence-electron chi connectivity index (χ1n) is 11.7. The van der Waals surface area contributed by atoms with Crippen molar-refractivity contribution in [2.45, 2.75) is 57.7 Å². The van der Waals surface area contributed by atoms with Crippen LogP contribution in [-0.4, -0.2) is 64.4 Å². The van der Waals surface area contributed by atoms with Gasteiger partial charge < -0.3 is 37.5 Å². The lowest BCUT2D eigenvalue weighted by Gasteiger charge is -2.21. The Morgan fingerprint density at radius 1 is 1.03 bits per heavy atom. The number of carbonyl (C=O) groups excluding carboxylic acids is 4. The molecule has 0 radical (unpaired) electrons. The van der Waals surface area contributed by atoms with Crippen LogP contribution in [0, 0.1) is 5.92 Å². The van der Waals surface area contributed by atoms with Crippen molar-refractivity contribution in [1.29, 1.82) is 0 Å². The van der Waals surface area contributed by atoms with Gasteiger partial charge in [0, 0.05) is 29.9 Å². The highest BCUT2D eigenvalue weighted by atomic mass is 16.4. The van der Waals surface area contributed by atoms with Crippen LogP contribution in [-0.2, 0) is 30.4 Å². The van der Waals surface area contributed by atoms with E-state index in [0.717, 1.165) is 16.5 Å². The number of hydrogen-bond donors (Lipinski definition) is 7. The number of primary amides is 1. The smallest absolute Gasteiger partial charge is 0.326 e. The van der Waals surface area contributed by atoms with Crippen LogP contribution < -0.4 is 27.4 Å². The molecule has 0 spiro atoms. The summed E-state index contributed by atoms with van der Waals surface area (Å²) in [5.74, 6) is -3.76. The number of amides is 4. The number of nitrogens with two attached hydrogens (primary N) is 2. The predicted molar refractivity (Wildman–Crippen MR) is 132 cm³/mol. The van der Waals surface area contributed by atoms with Crippen LogP contribution in [0.3, 0.4) is 0 Å². The van der Waals surface area contributed by atoms with E-state index < -0.39 is 54.3 Å². The second-order valence-corrected chi connectivity index (χ2v) is 9.04. The van der Waals surface area contributed by atoms with Crippen molar-refractivity contribution in [3.05, 3.63) is 36.0 Å². The highest BCUT2D eigenvalue weighted by Crippen LogP contribution is 2.19.